The number of phenolic OH excluding ortho intramolecular Hbond substituents is 1. The van der Waals surface area contributed by atoms with Crippen molar-refractivity contribution in [1.82, 2.24) is 9.97 Å². The van der Waals surface area contributed by atoms with Crippen molar-refractivity contribution in [2.24, 2.45) is 5.73 Å². The van der Waals surface area contributed by atoms with Gasteiger partial charge in [0.1, 0.15) is 11.6 Å². The lowest BCUT2D eigenvalue weighted by Crippen LogP contribution is -2.40. The molecule has 26 heavy (non-hydrogen) atoms. The lowest BCUT2D eigenvalue weighted by molar-refractivity contribution is 0.477. The van der Waals surface area contributed by atoms with Crippen molar-refractivity contribution in [3.05, 3.63) is 48.0 Å². The van der Waals surface area contributed by atoms with E-state index in [1.165, 1.54) is 0 Å². The average Bonchev–Trinajstić information content (AvgIpc) is 2.61. The van der Waals surface area contributed by atoms with Crippen molar-refractivity contribution in [2.75, 3.05) is 18.0 Å². The first kappa shape index (κ1) is 18.4. The zero-order valence-electron chi connectivity index (χ0n) is 14.7. The second-order valence-electron chi connectivity index (χ2n) is 6.73. The molecule has 5 nitrogen and oxygen atoms in total. The van der Waals surface area contributed by atoms with Gasteiger partial charge in [0.05, 0.1) is 11.1 Å². The molecular formula is C20H23ClN4O. The molecule has 0 aliphatic carbocycles. The molecule has 0 radical (unpaired) electrons. The summed E-state index contributed by atoms with van der Waals surface area (Å²) in [6.45, 7) is 3.84. The van der Waals surface area contributed by atoms with Crippen LogP contribution in [0.5, 0.6) is 5.75 Å². The summed E-state index contributed by atoms with van der Waals surface area (Å²) in [6.07, 6.45) is 1.92. The van der Waals surface area contributed by atoms with Gasteiger partial charge < -0.3 is 15.7 Å². The number of nitrogens with two attached hydrogens (primary N) is 1. The lowest BCUT2D eigenvalue weighted by Gasteiger charge is -2.32. The van der Waals surface area contributed by atoms with Crippen LogP contribution in [-0.4, -0.2) is 34.2 Å². The highest BCUT2D eigenvalue weighted by molar-refractivity contribution is 5.92. The fraction of sp³-hybridized carbons (Fsp3) is 0.300. The number of aromatic nitrogens is 2. The van der Waals surface area contributed by atoms with E-state index in [-0.39, 0.29) is 24.2 Å². The smallest absolute Gasteiger partial charge is 0.165 e. The molecule has 0 amide bonds. The van der Waals surface area contributed by atoms with Gasteiger partial charge in [0, 0.05) is 24.5 Å². The van der Waals surface area contributed by atoms with E-state index >= 15 is 0 Å². The van der Waals surface area contributed by atoms with Gasteiger partial charge in [-0.1, -0.05) is 18.2 Å². The third kappa shape index (κ3) is 3.45. The molecular weight excluding hydrogens is 348 g/mol. The Hall–Kier alpha value is -2.37. The predicted molar refractivity (Wildman–Crippen MR) is 108 cm³/mol. The molecule has 136 valence electrons. The minimum Gasteiger partial charge on any atom is -0.507 e. The summed E-state index contributed by atoms with van der Waals surface area (Å²) in [6, 6.07) is 13.7. The summed E-state index contributed by atoms with van der Waals surface area (Å²) >= 11 is 0. The maximum absolute atomic E-state index is 10.2. The van der Waals surface area contributed by atoms with E-state index < -0.39 is 0 Å². The van der Waals surface area contributed by atoms with E-state index in [0.717, 1.165) is 48.2 Å². The van der Waals surface area contributed by atoms with Crippen LogP contribution in [0.25, 0.3) is 22.3 Å². The van der Waals surface area contributed by atoms with E-state index in [9.17, 15) is 5.11 Å². The fourth-order valence-corrected chi connectivity index (χ4v) is 3.36. The molecule has 0 spiro atoms. The Labute approximate surface area is 159 Å². The first-order valence-electron chi connectivity index (χ1n) is 8.69. The molecule has 1 aliphatic rings. The van der Waals surface area contributed by atoms with E-state index in [4.69, 9.17) is 15.7 Å². The monoisotopic (exact) mass is 370 g/mol. The summed E-state index contributed by atoms with van der Waals surface area (Å²) in [5.74, 6) is 1.68. The highest BCUT2D eigenvalue weighted by Crippen LogP contribution is 2.32. The average molecular weight is 371 g/mol. The number of rotatable bonds is 2. The zero-order valence-corrected chi connectivity index (χ0v) is 15.5. The SMILES string of the molecule is Cc1ccc2c(N3CCC(N)CC3)nc(-c3ccccc3O)nc2c1.Cl. The van der Waals surface area contributed by atoms with Gasteiger partial charge in [-0.15, -0.1) is 12.4 Å². The topological polar surface area (TPSA) is 75.3 Å². The summed E-state index contributed by atoms with van der Waals surface area (Å²) in [5.41, 5.74) is 8.76. The van der Waals surface area contributed by atoms with Crippen LogP contribution in [-0.2, 0) is 0 Å². The quantitative estimate of drug-likeness (QED) is 0.720. The maximum atomic E-state index is 10.2. The first-order chi connectivity index (χ1) is 12.1. The third-order valence-electron chi connectivity index (χ3n) is 4.82. The van der Waals surface area contributed by atoms with Gasteiger partial charge in [0.15, 0.2) is 5.82 Å². The van der Waals surface area contributed by atoms with Crippen molar-refractivity contribution in [2.45, 2.75) is 25.8 Å². The van der Waals surface area contributed by atoms with Crippen LogP contribution in [0.15, 0.2) is 42.5 Å². The van der Waals surface area contributed by atoms with E-state index in [1.54, 1.807) is 12.1 Å². The van der Waals surface area contributed by atoms with Gasteiger partial charge in [-0.05, 0) is 49.6 Å². The van der Waals surface area contributed by atoms with Crippen LogP contribution < -0.4 is 10.6 Å². The van der Waals surface area contributed by atoms with Crippen LogP contribution in [0.2, 0.25) is 0 Å². The molecule has 1 aliphatic heterocycles. The number of nitrogens with zero attached hydrogens (tertiary/aromatic N) is 3. The second kappa shape index (κ2) is 7.48. The number of phenols is 1. The first-order valence-corrected chi connectivity index (χ1v) is 8.69. The summed E-state index contributed by atoms with van der Waals surface area (Å²) in [7, 11) is 0. The van der Waals surface area contributed by atoms with Gasteiger partial charge in [-0.25, -0.2) is 9.97 Å². The Kier molecular flexibility index (Phi) is 5.30. The van der Waals surface area contributed by atoms with E-state index in [1.807, 2.05) is 12.1 Å². The molecule has 0 bridgehead atoms. The number of anilines is 1. The normalized spacial score (nSPS) is 15.1. The van der Waals surface area contributed by atoms with E-state index in [2.05, 4.69) is 30.0 Å². The standard InChI is InChI=1S/C20H22N4O.ClH/c1-13-6-7-15-17(12-13)22-19(16-4-2-3-5-18(16)25)23-20(15)24-10-8-14(21)9-11-24;/h2-7,12,14,25H,8-11,21H2,1H3;1H. The molecule has 0 unspecified atom stereocenters. The molecule has 1 fully saturated rings. The number of aromatic hydroxyl groups is 1. The van der Waals surface area contributed by atoms with Crippen LogP contribution >= 0.6 is 12.4 Å². The number of fused-ring (bicyclic) bond motifs is 1. The minimum atomic E-state index is 0. The highest BCUT2D eigenvalue weighted by atomic mass is 35.5. The Morgan fingerprint density at radius 1 is 1.08 bits per heavy atom. The molecule has 3 N–H and O–H groups in total. The molecule has 1 aromatic heterocycles. The second-order valence-corrected chi connectivity index (χ2v) is 6.73. The summed E-state index contributed by atoms with van der Waals surface area (Å²) < 4.78 is 0. The number of para-hydroxylation sites is 1. The predicted octanol–water partition coefficient (Wildman–Crippen LogP) is 3.66. The molecule has 6 heteroatoms. The molecule has 1 saturated heterocycles. The molecule has 3 aromatic rings. The Balaban J connectivity index is 0.00000196. The molecule has 0 atom stereocenters. The van der Waals surface area contributed by atoms with Crippen LogP contribution in [0, 0.1) is 6.92 Å². The van der Waals surface area contributed by atoms with Crippen molar-refractivity contribution in [3.63, 3.8) is 0 Å². The van der Waals surface area contributed by atoms with Gasteiger partial charge in [-0.3, -0.25) is 0 Å². The van der Waals surface area contributed by atoms with Crippen LogP contribution in [0.4, 0.5) is 5.82 Å². The molecule has 2 aromatic carbocycles. The number of piperidine rings is 1. The van der Waals surface area contributed by atoms with E-state index in [0.29, 0.717) is 11.4 Å². The largest absolute Gasteiger partial charge is 0.507 e. The summed E-state index contributed by atoms with van der Waals surface area (Å²) in [4.78, 5) is 11.8. The number of aryl methyl sites for hydroxylation is 1. The van der Waals surface area contributed by atoms with Gasteiger partial charge in [0.25, 0.3) is 0 Å². The molecule has 0 saturated carbocycles. The molecule has 2 heterocycles. The van der Waals surface area contributed by atoms with Crippen molar-refractivity contribution >= 4 is 29.1 Å². The Morgan fingerprint density at radius 3 is 2.54 bits per heavy atom. The highest BCUT2D eigenvalue weighted by Gasteiger charge is 2.21. The number of halogens is 1. The number of hydrogen-bond acceptors (Lipinski definition) is 5. The number of benzene rings is 2. The fourth-order valence-electron chi connectivity index (χ4n) is 3.36. The number of hydrogen-bond donors (Lipinski definition) is 2. The van der Waals surface area contributed by atoms with Gasteiger partial charge in [-0.2, -0.15) is 0 Å². The lowest BCUT2D eigenvalue weighted by atomic mass is 10.0. The van der Waals surface area contributed by atoms with Gasteiger partial charge >= 0.3 is 0 Å². The zero-order chi connectivity index (χ0) is 17.4. The van der Waals surface area contributed by atoms with Crippen LogP contribution in [0.3, 0.4) is 0 Å². The third-order valence-corrected chi connectivity index (χ3v) is 4.82. The van der Waals surface area contributed by atoms with Gasteiger partial charge in [0.2, 0.25) is 0 Å². The van der Waals surface area contributed by atoms with Crippen molar-refractivity contribution < 1.29 is 5.11 Å². The van der Waals surface area contributed by atoms with Crippen molar-refractivity contribution in [3.8, 4) is 17.1 Å². The Bertz CT molecular complexity index is 923. The minimum absolute atomic E-state index is 0. The Morgan fingerprint density at radius 2 is 1.81 bits per heavy atom. The maximum Gasteiger partial charge on any atom is 0.165 e. The summed E-state index contributed by atoms with van der Waals surface area (Å²) in [5, 5.41) is 11.3. The van der Waals surface area contributed by atoms with Crippen molar-refractivity contribution in [1.29, 1.82) is 0 Å². The molecule has 4 rings (SSSR count). The van der Waals surface area contributed by atoms with Crippen LogP contribution in [0.1, 0.15) is 18.4 Å².